The van der Waals surface area contributed by atoms with Crippen molar-refractivity contribution in [2.45, 2.75) is 37.6 Å². The number of alkyl carbamates (subject to hydrolysis) is 1. The fraction of sp³-hybridized carbons (Fsp3) is 0.423. The first-order valence-electron chi connectivity index (χ1n) is 11.5. The fourth-order valence-corrected chi connectivity index (χ4v) is 5.15. The van der Waals surface area contributed by atoms with Crippen LogP contribution in [0.5, 0.6) is 0 Å². The molecule has 0 aliphatic heterocycles. The van der Waals surface area contributed by atoms with Crippen LogP contribution in [0.3, 0.4) is 0 Å². The fourth-order valence-electron chi connectivity index (χ4n) is 5.15. The zero-order chi connectivity index (χ0) is 23.2. The maximum absolute atomic E-state index is 13.0. The molecule has 0 bridgehead atoms. The number of fused-ring (bicyclic) bond motifs is 3. The molecule has 2 saturated carbocycles. The Labute approximate surface area is 192 Å². The van der Waals surface area contributed by atoms with Gasteiger partial charge in [-0.25, -0.2) is 4.79 Å². The summed E-state index contributed by atoms with van der Waals surface area (Å²) in [7, 11) is 1.73. The van der Waals surface area contributed by atoms with Crippen LogP contribution in [0.15, 0.2) is 48.5 Å². The Hall–Kier alpha value is -3.35. The van der Waals surface area contributed by atoms with Gasteiger partial charge in [0.1, 0.15) is 6.61 Å². The quantitative estimate of drug-likeness (QED) is 0.674. The van der Waals surface area contributed by atoms with E-state index in [0.29, 0.717) is 12.8 Å². The zero-order valence-electron chi connectivity index (χ0n) is 18.6. The van der Waals surface area contributed by atoms with Crippen LogP contribution in [0.2, 0.25) is 0 Å². The van der Waals surface area contributed by atoms with Gasteiger partial charge in [0.15, 0.2) is 0 Å². The van der Waals surface area contributed by atoms with Crippen LogP contribution < -0.4 is 5.32 Å². The first-order chi connectivity index (χ1) is 15.9. The molecule has 0 radical (unpaired) electrons. The molecule has 7 heteroatoms. The van der Waals surface area contributed by atoms with Crippen LogP contribution in [0.1, 0.15) is 42.7 Å². The number of ether oxygens (including phenoxy) is 1. The van der Waals surface area contributed by atoms with Gasteiger partial charge in [0.05, 0.1) is 11.3 Å². The van der Waals surface area contributed by atoms with Crippen molar-refractivity contribution in [1.82, 2.24) is 10.2 Å². The van der Waals surface area contributed by atoms with E-state index in [1.807, 2.05) is 24.3 Å². The number of nitrogens with one attached hydrogen (secondary N) is 1. The average Bonchev–Trinajstić information content (AvgIpc) is 3.51. The molecule has 2 N–H and O–H groups in total. The molecule has 2 aromatic carbocycles. The van der Waals surface area contributed by atoms with Crippen LogP contribution >= 0.6 is 0 Å². The number of carboxylic acid groups (broad SMARTS) is 1. The highest BCUT2D eigenvalue weighted by Gasteiger charge is 2.53. The lowest BCUT2D eigenvalue weighted by Gasteiger charge is -2.40. The average molecular weight is 449 g/mol. The molecule has 3 aliphatic carbocycles. The van der Waals surface area contributed by atoms with E-state index < -0.39 is 17.5 Å². The first-order valence-corrected chi connectivity index (χ1v) is 11.5. The van der Waals surface area contributed by atoms with Gasteiger partial charge in [-0.3, -0.25) is 9.59 Å². The summed E-state index contributed by atoms with van der Waals surface area (Å²) in [5, 5.41) is 11.9. The SMILES string of the molecule is CN(C(=O)C1(CNC(=O)OCC2c3ccccc3-c3ccccc32)CC1)C1CC(C(=O)O)C1. The highest BCUT2D eigenvalue weighted by atomic mass is 16.5. The molecule has 33 heavy (non-hydrogen) atoms. The Morgan fingerprint density at radius 2 is 1.61 bits per heavy atom. The summed E-state index contributed by atoms with van der Waals surface area (Å²) in [5.74, 6) is -1.19. The van der Waals surface area contributed by atoms with Gasteiger partial charge in [0, 0.05) is 25.6 Å². The minimum absolute atomic E-state index is 0.00778. The van der Waals surface area contributed by atoms with Crippen molar-refractivity contribution in [3.8, 4) is 11.1 Å². The van der Waals surface area contributed by atoms with E-state index in [1.165, 1.54) is 11.1 Å². The molecular weight excluding hydrogens is 420 g/mol. The number of aliphatic carboxylic acids is 1. The van der Waals surface area contributed by atoms with Gasteiger partial charge >= 0.3 is 12.1 Å². The van der Waals surface area contributed by atoms with E-state index in [2.05, 4.69) is 29.6 Å². The monoisotopic (exact) mass is 448 g/mol. The Bertz CT molecular complexity index is 1060. The zero-order valence-corrected chi connectivity index (χ0v) is 18.6. The standard InChI is InChI=1S/C26H28N2O5/c1-28(17-12-16(13-17)23(29)30)24(31)26(10-11-26)15-27-25(32)33-14-22-20-8-4-2-6-18(20)19-7-3-5-9-21(19)22/h2-9,16-17,22H,10-15H2,1H3,(H,27,32)(H,29,30). The molecule has 2 amide bonds. The Morgan fingerprint density at radius 1 is 1.03 bits per heavy atom. The molecule has 0 saturated heterocycles. The summed E-state index contributed by atoms with van der Waals surface area (Å²) < 4.78 is 5.58. The van der Waals surface area contributed by atoms with Crippen molar-refractivity contribution in [3.05, 3.63) is 59.7 Å². The Kier molecular flexibility index (Phi) is 5.35. The van der Waals surface area contributed by atoms with E-state index in [4.69, 9.17) is 9.84 Å². The summed E-state index contributed by atoms with van der Waals surface area (Å²) in [6.07, 6.45) is 1.90. The summed E-state index contributed by atoms with van der Waals surface area (Å²) in [6.45, 7) is 0.473. The van der Waals surface area contributed by atoms with E-state index in [1.54, 1.807) is 11.9 Å². The van der Waals surface area contributed by atoms with E-state index in [9.17, 15) is 14.4 Å². The number of hydrogen-bond acceptors (Lipinski definition) is 4. The lowest BCUT2D eigenvalue weighted by atomic mass is 9.79. The predicted molar refractivity (Wildman–Crippen MR) is 122 cm³/mol. The van der Waals surface area contributed by atoms with Gasteiger partial charge in [0.2, 0.25) is 5.91 Å². The van der Waals surface area contributed by atoms with Gasteiger partial charge in [-0.05, 0) is 47.9 Å². The van der Waals surface area contributed by atoms with Crippen LogP contribution in [0, 0.1) is 11.3 Å². The molecule has 0 heterocycles. The van der Waals surface area contributed by atoms with Crippen molar-refractivity contribution in [3.63, 3.8) is 0 Å². The molecule has 172 valence electrons. The number of nitrogens with zero attached hydrogens (tertiary/aromatic N) is 1. The predicted octanol–water partition coefficient (Wildman–Crippen LogP) is 3.63. The summed E-state index contributed by atoms with van der Waals surface area (Å²) in [4.78, 5) is 38.2. The van der Waals surface area contributed by atoms with Crippen molar-refractivity contribution < 1.29 is 24.2 Å². The molecule has 3 aliphatic rings. The summed E-state index contributed by atoms with van der Waals surface area (Å²) in [5.41, 5.74) is 4.07. The second-order valence-electron chi connectivity index (χ2n) is 9.54. The van der Waals surface area contributed by atoms with Gasteiger partial charge in [0.25, 0.3) is 0 Å². The molecule has 2 fully saturated rings. The maximum atomic E-state index is 13.0. The Morgan fingerprint density at radius 3 is 2.15 bits per heavy atom. The molecule has 2 aromatic rings. The number of carbonyl (C=O) groups excluding carboxylic acids is 2. The molecule has 0 unspecified atom stereocenters. The van der Waals surface area contributed by atoms with Gasteiger partial charge < -0.3 is 20.1 Å². The third kappa shape index (κ3) is 3.86. The number of carboxylic acids is 1. The van der Waals surface area contributed by atoms with Crippen LogP contribution in [0.4, 0.5) is 4.79 Å². The minimum atomic E-state index is -0.801. The first kappa shape index (κ1) is 21.5. The normalized spacial score (nSPS) is 21.8. The largest absolute Gasteiger partial charge is 0.481 e. The molecule has 0 aromatic heterocycles. The molecular formula is C26H28N2O5. The van der Waals surface area contributed by atoms with Crippen molar-refractivity contribution >= 4 is 18.0 Å². The molecule has 7 nitrogen and oxygen atoms in total. The molecule has 5 rings (SSSR count). The molecule has 0 atom stereocenters. The number of benzene rings is 2. The number of amides is 2. The summed E-state index contributed by atoms with van der Waals surface area (Å²) >= 11 is 0. The number of hydrogen-bond donors (Lipinski definition) is 2. The van der Waals surface area contributed by atoms with Crippen LogP contribution in [-0.4, -0.2) is 54.2 Å². The highest BCUT2D eigenvalue weighted by molar-refractivity contribution is 5.87. The van der Waals surface area contributed by atoms with Crippen molar-refractivity contribution in [2.75, 3.05) is 20.2 Å². The topological polar surface area (TPSA) is 95.9 Å². The summed E-state index contributed by atoms with van der Waals surface area (Å²) in [6, 6.07) is 16.3. The second-order valence-corrected chi connectivity index (χ2v) is 9.54. The smallest absolute Gasteiger partial charge is 0.407 e. The van der Waals surface area contributed by atoms with Crippen molar-refractivity contribution in [2.24, 2.45) is 11.3 Å². The number of carbonyl (C=O) groups is 3. The van der Waals surface area contributed by atoms with Crippen LogP contribution in [0.25, 0.3) is 11.1 Å². The lowest BCUT2D eigenvalue weighted by molar-refractivity contribution is -0.151. The van der Waals surface area contributed by atoms with Gasteiger partial charge in [-0.2, -0.15) is 0 Å². The Balaban J connectivity index is 1.15. The highest BCUT2D eigenvalue weighted by Crippen LogP contribution is 2.48. The van der Waals surface area contributed by atoms with E-state index in [0.717, 1.165) is 24.0 Å². The minimum Gasteiger partial charge on any atom is -0.481 e. The van der Waals surface area contributed by atoms with E-state index >= 15 is 0 Å². The lowest BCUT2D eigenvalue weighted by Crippen LogP contribution is -2.51. The third-order valence-electron chi connectivity index (χ3n) is 7.55. The van der Waals surface area contributed by atoms with Gasteiger partial charge in [-0.1, -0.05) is 48.5 Å². The number of rotatable bonds is 7. The van der Waals surface area contributed by atoms with Crippen molar-refractivity contribution in [1.29, 1.82) is 0 Å². The molecule has 0 spiro atoms. The van der Waals surface area contributed by atoms with Gasteiger partial charge in [-0.15, -0.1) is 0 Å². The third-order valence-corrected chi connectivity index (χ3v) is 7.55. The second kappa shape index (κ2) is 8.21. The van der Waals surface area contributed by atoms with E-state index in [-0.39, 0.29) is 36.9 Å². The van der Waals surface area contributed by atoms with Crippen LogP contribution in [-0.2, 0) is 14.3 Å². The maximum Gasteiger partial charge on any atom is 0.407 e.